The number of rotatable bonds is 5. The summed E-state index contributed by atoms with van der Waals surface area (Å²) in [6.07, 6.45) is 0. The Morgan fingerprint density at radius 2 is 1.95 bits per heavy atom. The lowest BCUT2D eigenvalue weighted by Gasteiger charge is -2.15. The molecule has 0 saturated heterocycles. The molecule has 0 aliphatic heterocycles. The molecule has 0 aromatic heterocycles. The van der Waals surface area contributed by atoms with E-state index in [1.54, 1.807) is 0 Å². The summed E-state index contributed by atoms with van der Waals surface area (Å²) in [4.78, 5) is 32.6. The standard InChI is InChI=1S/C12H13FN2O5/c1-6(7(2)12(17)18)11(16)14-9-5-8(13)3-4-10(9)15(19)20/h3-7H,1-2H3,(H,14,16)(H,17,18). The molecule has 0 fully saturated rings. The van der Waals surface area contributed by atoms with Crippen molar-refractivity contribution in [1.82, 2.24) is 0 Å². The van der Waals surface area contributed by atoms with Crippen molar-refractivity contribution in [3.63, 3.8) is 0 Å². The second-order valence-electron chi connectivity index (χ2n) is 4.32. The highest BCUT2D eigenvalue weighted by atomic mass is 19.1. The number of carbonyl (C=O) groups excluding carboxylic acids is 1. The molecule has 0 aliphatic carbocycles. The lowest BCUT2D eigenvalue weighted by molar-refractivity contribution is -0.384. The summed E-state index contributed by atoms with van der Waals surface area (Å²) in [5.74, 6) is -4.53. The lowest BCUT2D eigenvalue weighted by Crippen LogP contribution is -2.30. The maximum Gasteiger partial charge on any atom is 0.307 e. The molecule has 8 heteroatoms. The number of benzene rings is 1. The van der Waals surface area contributed by atoms with Gasteiger partial charge in [0.25, 0.3) is 5.69 Å². The first-order valence-electron chi connectivity index (χ1n) is 5.71. The number of nitro groups is 1. The summed E-state index contributed by atoms with van der Waals surface area (Å²) in [5.41, 5.74) is -0.764. The van der Waals surface area contributed by atoms with Gasteiger partial charge in [0.05, 0.1) is 10.8 Å². The van der Waals surface area contributed by atoms with Crippen molar-refractivity contribution in [2.75, 3.05) is 5.32 Å². The molecule has 0 spiro atoms. The zero-order chi connectivity index (χ0) is 15.4. The van der Waals surface area contributed by atoms with Crippen LogP contribution in [-0.2, 0) is 9.59 Å². The molecule has 1 aromatic carbocycles. The van der Waals surface area contributed by atoms with Crippen LogP contribution in [0.5, 0.6) is 0 Å². The maximum atomic E-state index is 13.1. The van der Waals surface area contributed by atoms with Crippen LogP contribution in [0.4, 0.5) is 15.8 Å². The van der Waals surface area contributed by atoms with Crippen molar-refractivity contribution in [2.24, 2.45) is 11.8 Å². The van der Waals surface area contributed by atoms with Gasteiger partial charge in [-0.25, -0.2) is 4.39 Å². The molecule has 20 heavy (non-hydrogen) atoms. The molecular weight excluding hydrogens is 271 g/mol. The first-order valence-corrected chi connectivity index (χ1v) is 5.71. The van der Waals surface area contributed by atoms with Crippen LogP contribution in [-0.4, -0.2) is 21.9 Å². The first-order chi connectivity index (χ1) is 9.23. The number of hydrogen-bond donors (Lipinski definition) is 2. The summed E-state index contributed by atoms with van der Waals surface area (Å²) >= 11 is 0. The molecule has 0 radical (unpaired) electrons. The van der Waals surface area contributed by atoms with Gasteiger partial charge in [-0.2, -0.15) is 0 Å². The SMILES string of the molecule is CC(C(=O)O)C(C)C(=O)Nc1cc(F)ccc1[N+](=O)[O-]. The van der Waals surface area contributed by atoms with E-state index in [9.17, 15) is 24.1 Å². The number of amides is 1. The number of hydrogen-bond acceptors (Lipinski definition) is 4. The predicted octanol–water partition coefficient (Wildman–Crippen LogP) is 2.03. The Bertz CT molecular complexity index is 561. The third kappa shape index (κ3) is 3.50. The van der Waals surface area contributed by atoms with Crippen molar-refractivity contribution >= 4 is 23.3 Å². The summed E-state index contributed by atoms with van der Waals surface area (Å²) in [7, 11) is 0. The fourth-order valence-electron chi connectivity index (χ4n) is 1.46. The van der Waals surface area contributed by atoms with E-state index in [4.69, 9.17) is 5.11 Å². The van der Waals surface area contributed by atoms with E-state index in [0.29, 0.717) is 0 Å². The molecule has 2 atom stereocenters. The number of nitrogens with zero attached hydrogens (tertiary/aromatic N) is 1. The molecule has 2 N–H and O–H groups in total. The molecular formula is C12H13FN2O5. The predicted molar refractivity (Wildman–Crippen MR) is 67.6 cm³/mol. The Morgan fingerprint density at radius 1 is 1.35 bits per heavy atom. The Balaban J connectivity index is 2.98. The van der Waals surface area contributed by atoms with Gasteiger partial charge in [-0.05, 0) is 6.07 Å². The number of aliphatic carboxylic acids is 1. The highest BCUT2D eigenvalue weighted by Crippen LogP contribution is 2.26. The van der Waals surface area contributed by atoms with Gasteiger partial charge in [-0.3, -0.25) is 19.7 Å². The Morgan fingerprint density at radius 3 is 2.45 bits per heavy atom. The second-order valence-corrected chi connectivity index (χ2v) is 4.32. The van der Waals surface area contributed by atoms with E-state index in [1.165, 1.54) is 13.8 Å². The number of anilines is 1. The van der Waals surface area contributed by atoms with Crippen LogP contribution < -0.4 is 5.32 Å². The fourth-order valence-corrected chi connectivity index (χ4v) is 1.46. The second kappa shape index (κ2) is 6.09. The molecule has 2 unspecified atom stereocenters. The lowest BCUT2D eigenvalue weighted by atomic mass is 9.95. The monoisotopic (exact) mass is 284 g/mol. The number of nitrogens with one attached hydrogen (secondary N) is 1. The van der Waals surface area contributed by atoms with E-state index < -0.39 is 40.1 Å². The van der Waals surface area contributed by atoms with Crippen LogP contribution in [0.15, 0.2) is 18.2 Å². The van der Waals surface area contributed by atoms with Crippen LogP contribution in [0.1, 0.15) is 13.8 Å². The first kappa shape index (κ1) is 15.5. The van der Waals surface area contributed by atoms with Gasteiger partial charge in [-0.15, -0.1) is 0 Å². The number of carbonyl (C=O) groups is 2. The number of carboxylic acid groups (broad SMARTS) is 1. The Hall–Kier alpha value is -2.51. The minimum absolute atomic E-state index is 0.301. The molecule has 108 valence electrons. The van der Waals surface area contributed by atoms with Gasteiger partial charge in [0, 0.05) is 18.1 Å². The average molecular weight is 284 g/mol. The van der Waals surface area contributed by atoms with E-state index in [-0.39, 0.29) is 5.69 Å². The molecule has 0 heterocycles. The third-order valence-electron chi connectivity index (χ3n) is 2.97. The zero-order valence-corrected chi connectivity index (χ0v) is 10.8. The minimum Gasteiger partial charge on any atom is -0.481 e. The van der Waals surface area contributed by atoms with Crippen molar-refractivity contribution in [3.8, 4) is 0 Å². The Labute approximate surface area is 113 Å². The van der Waals surface area contributed by atoms with Crippen molar-refractivity contribution in [2.45, 2.75) is 13.8 Å². The van der Waals surface area contributed by atoms with Gasteiger partial charge in [-0.1, -0.05) is 13.8 Å². The molecule has 1 aromatic rings. The van der Waals surface area contributed by atoms with Crippen molar-refractivity contribution < 1.29 is 24.0 Å². The van der Waals surface area contributed by atoms with E-state index in [2.05, 4.69) is 5.32 Å². The van der Waals surface area contributed by atoms with Gasteiger partial charge in [0.2, 0.25) is 5.91 Å². The number of halogens is 1. The summed E-state index contributed by atoms with van der Waals surface area (Å²) in [6.45, 7) is 2.71. The van der Waals surface area contributed by atoms with Crippen molar-refractivity contribution in [1.29, 1.82) is 0 Å². The number of carboxylic acids is 1. The van der Waals surface area contributed by atoms with E-state index >= 15 is 0 Å². The summed E-state index contributed by atoms with van der Waals surface area (Å²) in [5, 5.41) is 21.8. The maximum absolute atomic E-state index is 13.1. The summed E-state index contributed by atoms with van der Waals surface area (Å²) < 4.78 is 13.1. The van der Waals surface area contributed by atoms with Gasteiger partial charge < -0.3 is 10.4 Å². The fraction of sp³-hybridized carbons (Fsp3) is 0.333. The van der Waals surface area contributed by atoms with E-state index in [0.717, 1.165) is 18.2 Å². The normalized spacial score (nSPS) is 13.3. The molecule has 0 saturated carbocycles. The van der Waals surface area contributed by atoms with Crippen LogP contribution in [0, 0.1) is 27.8 Å². The Kier molecular flexibility index (Phi) is 4.73. The van der Waals surface area contributed by atoms with Gasteiger partial charge in [0.15, 0.2) is 0 Å². The highest BCUT2D eigenvalue weighted by molar-refractivity contribution is 5.96. The molecule has 7 nitrogen and oxygen atoms in total. The minimum atomic E-state index is -1.17. The van der Waals surface area contributed by atoms with Crippen molar-refractivity contribution in [3.05, 3.63) is 34.1 Å². The quantitative estimate of drug-likeness (QED) is 0.635. The average Bonchev–Trinajstić information content (AvgIpc) is 2.36. The van der Waals surface area contributed by atoms with Crippen LogP contribution in [0.3, 0.4) is 0 Å². The van der Waals surface area contributed by atoms with Gasteiger partial charge in [0.1, 0.15) is 11.5 Å². The largest absolute Gasteiger partial charge is 0.481 e. The molecule has 0 aliphatic rings. The van der Waals surface area contributed by atoms with Crippen LogP contribution >= 0.6 is 0 Å². The summed E-state index contributed by atoms with van der Waals surface area (Å²) in [6, 6.07) is 2.64. The van der Waals surface area contributed by atoms with Gasteiger partial charge >= 0.3 is 5.97 Å². The van der Waals surface area contributed by atoms with E-state index in [1.807, 2.05) is 0 Å². The third-order valence-corrected chi connectivity index (χ3v) is 2.97. The molecule has 1 amide bonds. The zero-order valence-electron chi connectivity index (χ0n) is 10.8. The molecule has 1 rings (SSSR count). The van der Waals surface area contributed by atoms with Crippen LogP contribution in [0.2, 0.25) is 0 Å². The number of nitro benzene ring substituents is 1. The van der Waals surface area contributed by atoms with Crippen LogP contribution in [0.25, 0.3) is 0 Å². The molecule has 0 bridgehead atoms. The smallest absolute Gasteiger partial charge is 0.307 e. The topological polar surface area (TPSA) is 110 Å². The highest BCUT2D eigenvalue weighted by Gasteiger charge is 2.27.